The summed E-state index contributed by atoms with van der Waals surface area (Å²) in [7, 11) is 0. The Hall–Kier alpha value is -1.33. The van der Waals surface area contributed by atoms with E-state index in [1.165, 1.54) is 18.4 Å². The van der Waals surface area contributed by atoms with Crippen molar-refractivity contribution >= 4 is 5.91 Å². The van der Waals surface area contributed by atoms with Crippen LogP contribution in [0.3, 0.4) is 0 Å². The van der Waals surface area contributed by atoms with Crippen molar-refractivity contribution in [3.05, 3.63) is 23.2 Å². The summed E-state index contributed by atoms with van der Waals surface area (Å²) in [6, 6.07) is 3.03. The summed E-state index contributed by atoms with van der Waals surface area (Å²) in [5.41, 5.74) is 1.17. The summed E-state index contributed by atoms with van der Waals surface area (Å²) in [5, 5.41) is 3.63. The number of hydrogen-bond donors (Lipinski definition) is 1. The highest BCUT2D eigenvalue weighted by Gasteiger charge is 2.32. The molecule has 1 aromatic rings. The molecule has 2 aliphatic heterocycles. The van der Waals surface area contributed by atoms with Crippen molar-refractivity contribution in [1.82, 2.24) is 15.1 Å². The Bertz CT molecular complexity index is 565. The third kappa shape index (κ3) is 3.67. The summed E-state index contributed by atoms with van der Waals surface area (Å²) < 4.78 is 5.95. The van der Waals surface area contributed by atoms with Gasteiger partial charge in [-0.05, 0) is 38.4 Å². The topological polar surface area (TPSA) is 48.7 Å². The third-order valence-corrected chi connectivity index (χ3v) is 5.53. The van der Waals surface area contributed by atoms with Crippen LogP contribution >= 0.6 is 0 Å². The molecule has 2 fully saturated rings. The highest BCUT2D eigenvalue weighted by molar-refractivity contribution is 5.92. The number of amides is 1. The Morgan fingerprint density at radius 3 is 2.71 bits per heavy atom. The molecular weight excluding hydrogens is 302 g/mol. The molecule has 24 heavy (non-hydrogen) atoms. The van der Waals surface area contributed by atoms with Crippen LogP contribution in [0.4, 0.5) is 0 Å². The second-order valence-electron chi connectivity index (χ2n) is 7.05. The smallest absolute Gasteiger partial charge is 0.289 e. The second kappa shape index (κ2) is 7.70. The molecule has 2 saturated heterocycles. The van der Waals surface area contributed by atoms with E-state index < -0.39 is 0 Å². The first kappa shape index (κ1) is 17.5. The van der Waals surface area contributed by atoms with E-state index in [1.807, 2.05) is 11.0 Å². The molecule has 1 aromatic heterocycles. The number of aryl methyl sites for hydroxylation is 1. The molecule has 2 bridgehead atoms. The van der Waals surface area contributed by atoms with Crippen molar-refractivity contribution in [2.24, 2.45) is 0 Å². The number of hydrogen-bond acceptors (Lipinski definition) is 4. The fourth-order valence-electron chi connectivity index (χ4n) is 3.98. The van der Waals surface area contributed by atoms with Crippen LogP contribution in [0.1, 0.15) is 61.9 Å². The molecule has 0 aromatic carbocycles. The Morgan fingerprint density at radius 1 is 1.25 bits per heavy atom. The average Bonchev–Trinajstić information content (AvgIpc) is 3.14. The van der Waals surface area contributed by atoms with Gasteiger partial charge in [0.15, 0.2) is 5.76 Å². The van der Waals surface area contributed by atoms with Crippen molar-refractivity contribution in [2.45, 2.75) is 65.1 Å². The first-order chi connectivity index (χ1) is 11.6. The number of furan rings is 1. The number of nitrogens with one attached hydrogen (secondary N) is 1. The van der Waals surface area contributed by atoms with E-state index in [0.29, 0.717) is 17.8 Å². The number of likely N-dealkylation sites (tertiary alicyclic amines) is 1. The van der Waals surface area contributed by atoms with Gasteiger partial charge in [0.1, 0.15) is 5.76 Å². The first-order valence-corrected chi connectivity index (χ1v) is 9.53. The maximum atomic E-state index is 12.9. The molecule has 0 aliphatic carbocycles. The van der Waals surface area contributed by atoms with Crippen molar-refractivity contribution in [3.63, 3.8) is 0 Å². The Kier molecular flexibility index (Phi) is 5.61. The van der Waals surface area contributed by atoms with Gasteiger partial charge in [-0.2, -0.15) is 0 Å². The van der Waals surface area contributed by atoms with Gasteiger partial charge in [0, 0.05) is 43.7 Å². The van der Waals surface area contributed by atoms with E-state index in [1.54, 1.807) is 0 Å². The molecule has 5 heteroatoms. The predicted molar refractivity (Wildman–Crippen MR) is 95.2 cm³/mol. The van der Waals surface area contributed by atoms with Gasteiger partial charge in [-0.1, -0.05) is 20.8 Å². The maximum Gasteiger partial charge on any atom is 0.289 e. The maximum absolute atomic E-state index is 12.9. The Morgan fingerprint density at radius 2 is 2.00 bits per heavy atom. The molecule has 3 heterocycles. The molecule has 1 amide bonds. The Balaban J connectivity index is 1.73. The van der Waals surface area contributed by atoms with Gasteiger partial charge in [0.2, 0.25) is 0 Å². The highest BCUT2D eigenvalue weighted by Crippen LogP contribution is 2.24. The van der Waals surface area contributed by atoms with Gasteiger partial charge in [-0.25, -0.2) is 0 Å². The number of carbonyl (C=O) groups excluding carboxylic acids is 1. The zero-order chi connectivity index (χ0) is 17.1. The third-order valence-electron chi connectivity index (χ3n) is 5.53. The van der Waals surface area contributed by atoms with E-state index >= 15 is 0 Å². The van der Waals surface area contributed by atoms with Crippen LogP contribution in [0.25, 0.3) is 0 Å². The largest absolute Gasteiger partial charge is 0.456 e. The van der Waals surface area contributed by atoms with Gasteiger partial charge in [0.05, 0.1) is 0 Å². The molecule has 1 N–H and O–H groups in total. The average molecular weight is 333 g/mol. The molecule has 0 unspecified atom stereocenters. The highest BCUT2D eigenvalue weighted by atomic mass is 16.4. The lowest BCUT2D eigenvalue weighted by Gasteiger charge is -2.23. The summed E-state index contributed by atoms with van der Waals surface area (Å²) in [6.07, 6.45) is 4.31. The molecule has 2 atom stereocenters. The minimum atomic E-state index is 0.0600. The fourth-order valence-corrected chi connectivity index (χ4v) is 3.98. The zero-order valence-corrected chi connectivity index (χ0v) is 15.3. The molecule has 134 valence electrons. The van der Waals surface area contributed by atoms with Crippen molar-refractivity contribution in [3.8, 4) is 0 Å². The minimum absolute atomic E-state index is 0.0600. The van der Waals surface area contributed by atoms with Crippen LogP contribution in [0.15, 0.2) is 10.5 Å². The molecule has 2 aliphatic rings. The number of nitrogens with zero attached hydrogens (tertiary/aromatic N) is 2. The van der Waals surface area contributed by atoms with E-state index in [9.17, 15) is 4.79 Å². The van der Waals surface area contributed by atoms with E-state index in [0.717, 1.165) is 51.3 Å². The minimum Gasteiger partial charge on any atom is -0.456 e. The second-order valence-corrected chi connectivity index (χ2v) is 7.05. The number of rotatable bonds is 6. The summed E-state index contributed by atoms with van der Waals surface area (Å²) in [6.45, 7) is 10.9. The van der Waals surface area contributed by atoms with Crippen molar-refractivity contribution in [2.75, 3.05) is 26.2 Å². The zero-order valence-electron chi connectivity index (χ0n) is 15.3. The standard InChI is InChI=1S/C19H31N3O2/c1-4-17-14(12-21(5-2)6-3)11-18(24-17)19(23)22-10-9-15-7-8-16(13-22)20-15/h11,15-16,20H,4-10,12-13H2,1-3H3/t15-,16+/m1/s1. The fraction of sp³-hybridized carbons (Fsp3) is 0.737. The van der Waals surface area contributed by atoms with E-state index in [-0.39, 0.29) is 5.91 Å². The lowest BCUT2D eigenvalue weighted by Crippen LogP contribution is -2.38. The van der Waals surface area contributed by atoms with Crippen LogP contribution < -0.4 is 5.32 Å². The monoisotopic (exact) mass is 333 g/mol. The van der Waals surface area contributed by atoms with E-state index in [4.69, 9.17) is 4.42 Å². The molecule has 0 radical (unpaired) electrons. The lowest BCUT2D eigenvalue weighted by molar-refractivity contribution is 0.0714. The van der Waals surface area contributed by atoms with Crippen molar-refractivity contribution < 1.29 is 9.21 Å². The SMILES string of the molecule is CCc1oc(C(=O)N2CC[C@H]3CC[C@@H](C2)N3)cc1CN(CC)CC. The van der Waals surface area contributed by atoms with Gasteiger partial charge >= 0.3 is 0 Å². The molecular formula is C19H31N3O2. The lowest BCUT2D eigenvalue weighted by atomic mass is 10.1. The van der Waals surface area contributed by atoms with E-state index in [2.05, 4.69) is 31.0 Å². The number of carbonyl (C=O) groups is 1. The molecule has 3 rings (SSSR count). The van der Waals surface area contributed by atoms with Gasteiger partial charge in [-0.15, -0.1) is 0 Å². The van der Waals surface area contributed by atoms with Crippen LogP contribution in [0.5, 0.6) is 0 Å². The van der Waals surface area contributed by atoms with Crippen molar-refractivity contribution in [1.29, 1.82) is 0 Å². The Labute approximate surface area is 145 Å². The normalized spacial score (nSPS) is 23.8. The summed E-state index contributed by atoms with van der Waals surface area (Å²) in [5.74, 6) is 1.54. The van der Waals surface area contributed by atoms with Crippen LogP contribution in [0, 0.1) is 0 Å². The molecule has 5 nitrogen and oxygen atoms in total. The predicted octanol–water partition coefficient (Wildman–Crippen LogP) is 2.65. The summed E-state index contributed by atoms with van der Waals surface area (Å²) >= 11 is 0. The summed E-state index contributed by atoms with van der Waals surface area (Å²) in [4.78, 5) is 17.3. The molecule has 0 saturated carbocycles. The first-order valence-electron chi connectivity index (χ1n) is 9.53. The quantitative estimate of drug-likeness (QED) is 0.869. The van der Waals surface area contributed by atoms with Gasteiger partial charge in [-0.3, -0.25) is 9.69 Å². The molecule has 0 spiro atoms. The van der Waals surface area contributed by atoms with Gasteiger partial charge in [0.25, 0.3) is 5.91 Å². The number of fused-ring (bicyclic) bond motifs is 2. The van der Waals surface area contributed by atoms with Gasteiger partial charge < -0.3 is 14.6 Å². The van der Waals surface area contributed by atoms with Crippen LogP contribution in [-0.4, -0.2) is 54.0 Å². The van der Waals surface area contributed by atoms with Crippen LogP contribution in [-0.2, 0) is 13.0 Å². The van der Waals surface area contributed by atoms with Crippen LogP contribution in [0.2, 0.25) is 0 Å².